The van der Waals surface area contributed by atoms with Gasteiger partial charge in [0.1, 0.15) is 5.84 Å². The second-order valence-corrected chi connectivity index (χ2v) is 5.26. The molecule has 0 bridgehead atoms. The van der Waals surface area contributed by atoms with Crippen LogP contribution in [0.15, 0.2) is 23.4 Å². The third-order valence-corrected chi connectivity index (χ3v) is 3.55. The van der Waals surface area contributed by atoms with Gasteiger partial charge in [-0.05, 0) is 30.7 Å². The summed E-state index contributed by atoms with van der Waals surface area (Å²) in [5.41, 5.74) is 7.86. The fraction of sp³-hybridized carbons (Fsp3) is 0.500. The molecule has 0 aromatic heterocycles. The minimum absolute atomic E-state index is 0.00849. The Morgan fingerprint density at radius 1 is 1.53 bits per heavy atom. The number of hydrogen-bond acceptors (Lipinski definition) is 3. The molecule has 0 aliphatic rings. The molecule has 106 valence electrons. The standard InChI is InChI=1S/C14H22ClN3O/c1-4-18(8-11(3)14(16)17-19)9-12-6-5-10(2)7-13(12)15/h5-7,11,19H,4,8-9H2,1-3H3,(H2,16,17). The minimum Gasteiger partial charge on any atom is -0.409 e. The van der Waals surface area contributed by atoms with E-state index in [1.54, 1.807) is 0 Å². The lowest BCUT2D eigenvalue weighted by Crippen LogP contribution is -2.34. The van der Waals surface area contributed by atoms with Crippen LogP contribution in [0.25, 0.3) is 0 Å². The Hall–Kier alpha value is -1.26. The molecule has 1 unspecified atom stereocenters. The Morgan fingerprint density at radius 2 is 2.21 bits per heavy atom. The molecule has 19 heavy (non-hydrogen) atoms. The van der Waals surface area contributed by atoms with Gasteiger partial charge in [-0.15, -0.1) is 0 Å². The third kappa shape index (κ3) is 4.73. The predicted octanol–water partition coefficient (Wildman–Crippen LogP) is 2.85. The molecule has 0 saturated heterocycles. The summed E-state index contributed by atoms with van der Waals surface area (Å²) in [6, 6.07) is 6.08. The zero-order valence-electron chi connectivity index (χ0n) is 11.7. The monoisotopic (exact) mass is 283 g/mol. The molecule has 3 N–H and O–H groups in total. The van der Waals surface area contributed by atoms with Crippen LogP contribution in [0.4, 0.5) is 0 Å². The van der Waals surface area contributed by atoms with Crippen molar-refractivity contribution in [3.63, 3.8) is 0 Å². The largest absolute Gasteiger partial charge is 0.409 e. The average molecular weight is 284 g/mol. The van der Waals surface area contributed by atoms with Gasteiger partial charge < -0.3 is 10.9 Å². The fourth-order valence-corrected chi connectivity index (χ4v) is 2.20. The number of aryl methyl sites for hydroxylation is 1. The second-order valence-electron chi connectivity index (χ2n) is 4.85. The Balaban J connectivity index is 2.71. The van der Waals surface area contributed by atoms with Crippen LogP contribution in [0.2, 0.25) is 5.02 Å². The van der Waals surface area contributed by atoms with E-state index in [-0.39, 0.29) is 11.8 Å². The van der Waals surface area contributed by atoms with Gasteiger partial charge in [0.15, 0.2) is 0 Å². The first-order valence-electron chi connectivity index (χ1n) is 6.42. The molecule has 0 spiro atoms. The van der Waals surface area contributed by atoms with Crippen LogP contribution >= 0.6 is 11.6 Å². The number of nitrogens with zero attached hydrogens (tertiary/aromatic N) is 2. The zero-order chi connectivity index (χ0) is 14.4. The first-order chi connectivity index (χ1) is 8.97. The van der Waals surface area contributed by atoms with Gasteiger partial charge in [0.25, 0.3) is 0 Å². The summed E-state index contributed by atoms with van der Waals surface area (Å²) in [6.07, 6.45) is 0. The maximum absolute atomic E-state index is 8.68. The summed E-state index contributed by atoms with van der Waals surface area (Å²) in [6.45, 7) is 8.42. The predicted molar refractivity (Wildman–Crippen MR) is 79.7 cm³/mol. The van der Waals surface area contributed by atoms with Crippen LogP contribution in [-0.2, 0) is 6.54 Å². The van der Waals surface area contributed by atoms with Gasteiger partial charge in [0.05, 0.1) is 0 Å². The highest BCUT2D eigenvalue weighted by molar-refractivity contribution is 6.31. The molecule has 4 nitrogen and oxygen atoms in total. The molecule has 0 fully saturated rings. The SMILES string of the molecule is CCN(Cc1ccc(C)cc1Cl)CC(C)/C(N)=N/O. The lowest BCUT2D eigenvalue weighted by molar-refractivity contribution is 0.258. The van der Waals surface area contributed by atoms with Gasteiger partial charge in [0.2, 0.25) is 0 Å². The van der Waals surface area contributed by atoms with E-state index >= 15 is 0 Å². The van der Waals surface area contributed by atoms with Gasteiger partial charge in [-0.2, -0.15) is 0 Å². The Kier molecular flexibility index (Phi) is 6.12. The molecule has 1 aromatic rings. The van der Waals surface area contributed by atoms with E-state index in [0.717, 1.165) is 35.8 Å². The van der Waals surface area contributed by atoms with Crippen LogP contribution in [0, 0.1) is 12.8 Å². The van der Waals surface area contributed by atoms with Crippen LogP contribution in [-0.4, -0.2) is 29.0 Å². The van der Waals surface area contributed by atoms with Gasteiger partial charge in [0, 0.05) is 24.0 Å². The Bertz CT molecular complexity index is 448. The van der Waals surface area contributed by atoms with Gasteiger partial charge >= 0.3 is 0 Å². The van der Waals surface area contributed by atoms with E-state index < -0.39 is 0 Å². The summed E-state index contributed by atoms with van der Waals surface area (Å²) in [4.78, 5) is 2.22. The number of oxime groups is 1. The van der Waals surface area contributed by atoms with Crippen molar-refractivity contribution in [3.8, 4) is 0 Å². The molecule has 0 aliphatic carbocycles. The van der Waals surface area contributed by atoms with Crippen molar-refractivity contribution in [1.29, 1.82) is 0 Å². The van der Waals surface area contributed by atoms with Crippen LogP contribution in [0.1, 0.15) is 25.0 Å². The topological polar surface area (TPSA) is 61.8 Å². The minimum atomic E-state index is 0.00849. The van der Waals surface area contributed by atoms with Crippen molar-refractivity contribution in [2.45, 2.75) is 27.3 Å². The van der Waals surface area contributed by atoms with E-state index in [4.69, 9.17) is 22.5 Å². The average Bonchev–Trinajstić information content (AvgIpc) is 2.39. The van der Waals surface area contributed by atoms with Crippen molar-refractivity contribution in [1.82, 2.24) is 4.90 Å². The van der Waals surface area contributed by atoms with Crippen LogP contribution in [0.5, 0.6) is 0 Å². The lowest BCUT2D eigenvalue weighted by atomic mass is 10.1. The molecule has 0 radical (unpaired) electrons. The number of benzene rings is 1. The maximum Gasteiger partial charge on any atom is 0.143 e. The summed E-state index contributed by atoms with van der Waals surface area (Å²) in [7, 11) is 0. The Labute approximate surface area is 119 Å². The van der Waals surface area contributed by atoms with Crippen molar-refractivity contribution in [2.24, 2.45) is 16.8 Å². The summed E-state index contributed by atoms with van der Waals surface area (Å²) in [5, 5.41) is 12.5. The molecule has 1 rings (SSSR count). The molecule has 1 atom stereocenters. The highest BCUT2D eigenvalue weighted by Gasteiger charge is 2.14. The van der Waals surface area contributed by atoms with E-state index in [1.807, 2.05) is 19.9 Å². The molecule has 5 heteroatoms. The van der Waals surface area contributed by atoms with E-state index in [0.29, 0.717) is 0 Å². The molecule has 0 saturated carbocycles. The quantitative estimate of drug-likeness (QED) is 0.365. The highest BCUT2D eigenvalue weighted by Crippen LogP contribution is 2.19. The highest BCUT2D eigenvalue weighted by atomic mass is 35.5. The van der Waals surface area contributed by atoms with Gasteiger partial charge in [-0.25, -0.2) is 0 Å². The molecule has 1 aromatic carbocycles. The van der Waals surface area contributed by atoms with Crippen molar-refractivity contribution < 1.29 is 5.21 Å². The first kappa shape index (κ1) is 15.8. The third-order valence-electron chi connectivity index (χ3n) is 3.20. The molecular weight excluding hydrogens is 262 g/mol. The van der Waals surface area contributed by atoms with Crippen molar-refractivity contribution in [3.05, 3.63) is 34.3 Å². The second kappa shape index (κ2) is 7.36. The molecular formula is C14H22ClN3O. The van der Waals surface area contributed by atoms with Gasteiger partial charge in [-0.3, -0.25) is 4.90 Å². The van der Waals surface area contributed by atoms with Crippen LogP contribution < -0.4 is 5.73 Å². The number of rotatable bonds is 6. The normalized spacial score (nSPS) is 13.8. The number of hydrogen-bond donors (Lipinski definition) is 2. The number of halogens is 1. The van der Waals surface area contributed by atoms with Crippen molar-refractivity contribution in [2.75, 3.05) is 13.1 Å². The summed E-state index contributed by atoms with van der Waals surface area (Å²) >= 11 is 6.24. The zero-order valence-corrected chi connectivity index (χ0v) is 12.5. The maximum atomic E-state index is 8.68. The van der Waals surface area contributed by atoms with E-state index in [2.05, 4.69) is 29.1 Å². The van der Waals surface area contributed by atoms with E-state index in [9.17, 15) is 0 Å². The number of amidine groups is 1. The Morgan fingerprint density at radius 3 is 2.74 bits per heavy atom. The van der Waals surface area contributed by atoms with Gasteiger partial charge in [-0.1, -0.05) is 42.7 Å². The lowest BCUT2D eigenvalue weighted by Gasteiger charge is -2.24. The summed E-state index contributed by atoms with van der Waals surface area (Å²) in [5.74, 6) is 0.266. The molecule has 0 amide bonds. The number of nitrogens with two attached hydrogens (primary N) is 1. The summed E-state index contributed by atoms with van der Waals surface area (Å²) < 4.78 is 0. The first-order valence-corrected chi connectivity index (χ1v) is 6.80. The molecule has 0 aliphatic heterocycles. The van der Waals surface area contributed by atoms with E-state index in [1.165, 1.54) is 0 Å². The smallest absolute Gasteiger partial charge is 0.143 e. The van der Waals surface area contributed by atoms with Crippen LogP contribution in [0.3, 0.4) is 0 Å². The fourth-order valence-electron chi connectivity index (χ4n) is 1.91. The van der Waals surface area contributed by atoms with Crippen molar-refractivity contribution >= 4 is 17.4 Å². The molecule has 0 heterocycles.